The lowest BCUT2D eigenvalue weighted by Crippen LogP contribution is -2.34. The fraction of sp³-hybridized carbons (Fsp3) is 0.500. The van der Waals surface area contributed by atoms with Gasteiger partial charge in [0.05, 0.1) is 12.5 Å². The van der Waals surface area contributed by atoms with Crippen LogP contribution in [0.1, 0.15) is 56.7 Å². The molecule has 0 aromatic heterocycles. The summed E-state index contributed by atoms with van der Waals surface area (Å²) in [5.41, 5.74) is 3.06. The lowest BCUT2D eigenvalue weighted by atomic mass is 9.83. The number of ketones is 1. The molecule has 0 bridgehead atoms. The van der Waals surface area contributed by atoms with E-state index in [-0.39, 0.29) is 36.6 Å². The fourth-order valence-electron chi connectivity index (χ4n) is 2.71. The number of Topliss-reactive ketones (excluding diaryl/α,β-unsaturated/α-hetero) is 1. The topological polar surface area (TPSA) is 63.6 Å². The number of carbonyl (C=O) groups excluding carboxylic acids is 2. The first-order valence-electron chi connectivity index (χ1n) is 8.39. The molecule has 1 aromatic carbocycles. The van der Waals surface area contributed by atoms with Crippen LogP contribution in [0.5, 0.6) is 0 Å². The Morgan fingerprint density at radius 3 is 2.50 bits per heavy atom. The number of carbonyl (C=O) groups is 2. The van der Waals surface area contributed by atoms with Gasteiger partial charge in [0.2, 0.25) is 0 Å². The number of rotatable bonds is 8. The van der Waals surface area contributed by atoms with Crippen molar-refractivity contribution < 1.29 is 19.4 Å². The predicted octanol–water partition coefficient (Wildman–Crippen LogP) is 3.65. The third-order valence-corrected chi connectivity index (χ3v) is 4.32. The number of aliphatic hydroxyl groups is 1. The molecule has 0 radical (unpaired) electrons. The third-order valence-electron chi connectivity index (χ3n) is 4.32. The lowest BCUT2D eigenvalue weighted by Gasteiger charge is -2.29. The molecule has 0 amide bonds. The predicted molar refractivity (Wildman–Crippen MR) is 95.7 cm³/mol. The molecule has 0 heterocycles. The molecule has 4 nitrogen and oxygen atoms in total. The van der Waals surface area contributed by atoms with Crippen LogP contribution in [0.2, 0.25) is 0 Å². The van der Waals surface area contributed by atoms with Crippen molar-refractivity contribution in [1.82, 2.24) is 0 Å². The first-order chi connectivity index (χ1) is 11.3. The second-order valence-electron chi connectivity index (χ2n) is 6.21. The molecule has 1 aromatic rings. The Balaban J connectivity index is 3.26. The summed E-state index contributed by atoms with van der Waals surface area (Å²) in [7, 11) is 0. The summed E-state index contributed by atoms with van der Waals surface area (Å²) in [5, 5.41) is 9.05. The van der Waals surface area contributed by atoms with Crippen molar-refractivity contribution in [2.45, 2.75) is 53.1 Å². The van der Waals surface area contributed by atoms with Gasteiger partial charge in [-0.3, -0.25) is 9.59 Å². The Morgan fingerprint density at radius 2 is 1.96 bits per heavy atom. The standard InChI is InChI=1S/C20H28O4/c1-6-19(23)24-20(14(3)16(5)22)15(4)18-10-9-13(2)12-17(18)8-7-11-21/h7-10,12,14-15,20-21H,6,11H2,1-5H3/t14-,15+,20+/m0/s1. The summed E-state index contributed by atoms with van der Waals surface area (Å²) >= 11 is 0. The van der Waals surface area contributed by atoms with Crippen LogP contribution in [0.25, 0.3) is 6.08 Å². The van der Waals surface area contributed by atoms with E-state index in [4.69, 9.17) is 9.84 Å². The average molecular weight is 332 g/mol. The molecule has 1 rings (SSSR count). The van der Waals surface area contributed by atoms with Gasteiger partial charge in [-0.05, 0) is 25.0 Å². The van der Waals surface area contributed by atoms with Gasteiger partial charge in [-0.2, -0.15) is 0 Å². The normalized spacial score (nSPS) is 15.1. The lowest BCUT2D eigenvalue weighted by molar-refractivity contribution is -0.154. The van der Waals surface area contributed by atoms with Crippen LogP contribution in [0, 0.1) is 12.8 Å². The SMILES string of the molecule is CCC(=O)O[C@@H]([C@H](C)c1ccc(C)cc1C=CCO)[C@@H](C)C(C)=O. The number of esters is 1. The van der Waals surface area contributed by atoms with Crippen molar-refractivity contribution >= 4 is 17.8 Å². The fourth-order valence-corrected chi connectivity index (χ4v) is 2.71. The van der Waals surface area contributed by atoms with Gasteiger partial charge in [-0.25, -0.2) is 0 Å². The van der Waals surface area contributed by atoms with Gasteiger partial charge in [0, 0.05) is 12.3 Å². The number of benzene rings is 1. The van der Waals surface area contributed by atoms with Gasteiger partial charge in [0.1, 0.15) is 11.9 Å². The molecule has 1 N–H and O–H groups in total. The number of hydrogen-bond donors (Lipinski definition) is 1. The second-order valence-corrected chi connectivity index (χ2v) is 6.21. The first kappa shape index (κ1) is 20.1. The zero-order valence-electron chi connectivity index (χ0n) is 15.2. The van der Waals surface area contributed by atoms with Crippen LogP contribution in [-0.4, -0.2) is 29.6 Å². The minimum absolute atomic E-state index is 0.00434. The number of aryl methyl sites for hydroxylation is 1. The molecule has 0 fully saturated rings. The van der Waals surface area contributed by atoms with E-state index in [9.17, 15) is 9.59 Å². The molecule has 0 aliphatic rings. The molecule has 4 heteroatoms. The highest BCUT2D eigenvalue weighted by atomic mass is 16.5. The Morgan fingerprint density at radius 1 is 1.29 bits per heavy atom. The van der Waals surface area contributed by atoms with E-state index in [0.29, 0.717) is 0 Å². The molecule has 24 heavy (non-hydrogen) atoms. The van der Waals surface area contributed by atoms with Crippen LogP contribution in [-0.2, 0) is 14.3 Å². The van der Waals surface area contributed by atoms with Gasteiger partial charge in [0.25, 0.3) is 0 Å². The highest BCUT2D eigenvalue weighted by Gasteiger charge is 2.31. The first-order valence-corrected chi connectivity index (χ1v) is 8.39. The van der Waals surface area contributed by atoms with Crippen molar-refractivity contribution in [1.29, 1.82) is 0 Å². The van der Waals surface area contributed by atoms with E-state index >= 15 is 0 Å². The van der Waals surface area contributed by atoms with E-state index in [0.717, 1.165) is 16.7 Å². The van der Waals surface area contributed by atoms with Gasteiger partial charge in [-0.15, -0.1) is 0 Å². The summed E-state index contributed by atoms with van der Waals surface area (Å²) < 4.78 is 5.60. The van der Waals surface area contributed by atoms with Crippen molar-refractivity contribution in [3.63, 3.8) is 0 Å². The molecule has 0 spiro atoms. The summed E-state index contributed by atoms with van der Waals surface area (Å²) in [4.78, 5) is 23.7. The Labute approximate surface area is 144 Å². The molecule has 0 aliphatic carbocycles. The maximum absolute atomic E-state index is 11.9. The van der Waals surface area contributed by atoms with Gasteiger partial charge >= 0.3 is 5.97 Å². The van der Waals surface area contributed by atoms with Gasteiger partial charge in [-0.1, -0.05) is 56.7 Å². The minimum atomic E-state index is -0.515. The van der Waals surface area contributed by atoms with E-state index in [1.54, 1.807) is 19.9 Å². The zero-order chi connectivity index (χ0) is 18.3. The zero-order valence-corrected chi connectivity index (χ0v) is 15.2. The van der Waals surface area contributed by atoms with Crippen LogP contribution < -0.4 is 0 Å². The molecule has 0 saturated heterocycles. The van der Waals surface area contributed by atoms with Crippen molar-refractivity contribution in [2.24, 2.45) is 5.92 Å². The quantitative estimate of drug-likeness (QED) is 0.738. The molecular formula is C20H28O4. The van der Waals surface area contributed by atoms with Crippen molar-refractivity contribution in [3.05, 3.63) is 41.0 Å². The van der Waals surface area contributed by atoms with Gasteiger partial charge in [0.15, 0.2) is 0 Å². The smallest absolute Gasteiger partial charge is 0.305 e. The number of hydrogen-bond acceptors (Lipinski definition) is 4. The minimum Gasteiger partial charge on any atom is -0.461 e. The van der Waals surface area contributed by atoms with E-state index < -0.39 is 6.10 Å². The number of aliphatic hydroxyl groups excluding tert-OH is 1. The molecule has 0 saturated carbocycles. The van der Waals surface area contributed by atoms with Crippen molar-refractivity contribution in [2.75, 3.05) is 6.61 Å². The van der Waals surface area contributed by atoms with Gasteiger partial charge < -0.3 is 9.84 Å². The molecule has 0 aliphatic heterocycles. The molecule has 0 unspecified atom stereocenters. The van der Waals surface area contributed by atoms with Crippen LogP contribution in [0.4, 0.5) is 0 Å². The second kappa shape index (κ2) is 9.38. The monoisotopic (exact) mass is 332 g/mol. The summed E-state index contributed by atoms with van der Waals surface area (Å²) in [5.74, 6) is -0.834. The average Bonchev–Trinajstić information content (AvgIpc) is 2.56. The van der Waals surface area contributed by atoms with Crippen LogP contribution in [0.15, 0.2) is 24.3 Å². The number of ether oxygens (including phenoxy) is 1. The van der Waals surface area contributed by atoms with E-state index in [1.807, 2.05) is 38.1 Å². The van der Waals surface area contributed by atoms with E-state index in [2.05, 4.69) is 0 Å². The van der Waals surface area contributed by atoms with Crippen molar-refractivity contribution in [3.8, 4) is 0 Å². The highest BCUT2D eigenvalue weighted by Crippen LogP contribution is 2.31. The van der Waals surface area contributed by atoms with E-state index in [1.165, 1.54) is 6.92 Å². The highest BCUT2D eigenvalue weighted by molar-refractivity contribution is 5.79. The summed E-state index contributed by atoms with van der Waals surface area (Å²) in [6.07, 6.45) is 3.29. The van der Waals surface area contributed by atoms with Crippen LogP contribution in [0.3, 0.4) is 0 Å². The van der Waals surface area contributed by atoms with Crippen LogP contribution >= 0.6 is 0 Å². The Bertz CT molecular complexity index is 604. The summed E-state index contributed by atoms with van der Waals surface area (Å²) in [6.45, 7) is 8.98. The summed E-state index contributed by atoms with van der Waals surface area (Å²) in [6, 6.07) is 6.02. The maximum atomic E-state index is 11.9. The Kier molecular flexibility index (Phi) is 7.86. The largest absolute Gasteiger partial charge is 0.461 e. The third kappa shape index (κ3) is 5.31. The Hall–Kier alpha value is -1.94. The maximum Gasteiger partial charge on any atom is 0.305 e. The molecular weight excluding hydrogens is 304 g/mol. The molecule has 132 valence electrons. The molecule has 3 atom stereocenters.